The van der Waals surface area contributed by atoms with Crippen LogP contribution in [0.2, 0.25) is 0 Å². The first kappa shape index (κ1) is 11.5. The summed E-state index contributed by atoms with van der Waals surface area (Å²) >= 11 is 0. The highest BCUT2D eigenvalue weighted by molar-refractivity contribution is 5.95. The number of fused-ring (bicyclic) bond motifs is 1. The smallest absolute Gasteiger partial charge is 0.274 e. The molecule has 1 aromatic carbocycles. The summed E-state index contributed by atoms with van der Waals surface area (Å²) in [5, 5.41) is 12.4. The summed E-state index contributed by atoms with van der Waals surface area (Å²) in [5.74, 6) is 0.230. The molecule has 1 unspecified atom stereocenters. The predicted molar refractivity (Wildman–Crippen MR) is 68.0 cm³/mol. The molecule has 2 heterocycles. The molecule has 0 bridgehead atoms. The highest BCUT2D eigenvalue weighted by Crippen LogP contribution is 2.31. The van der Waals surface area contributed by atoms with Crippen LogP contribution in [0.25, 0.3) is 0 Å². The Bertz CT molecular complexity index is 628. The second-order valence-corrected chi connectivity index (χ2v) is 4.25. The maximum absolute atomic E-state index is 12.0. The fraction of sp³-hybridized carbons (Fsp3) is 0.143. The van der Waals surface area contributed by atoms with Crippen LogP contribution in [0.1, 0.15) is 22.1 Å². The van der Waals surface area contributed by atoms with Gasteiger partial charge in [-0.1, -0.05) is 18.2 Å². The molecule has 0 saturated carbocycles. The number of benzene rings is 1. The van der Waals surface area contributed by atoms with Crippen molar-refractivity contribution in [1.82, 2.24) is 10.3 Å². The Morgan fingerprint density at radius 2 is 2.16 bits per heavy atom. The molecule has 1 aliphatic heterocycles. The summed E-state index contributed by atoms with van der Waals surface area (Å²) in [6, 6.07) is 10.3. The first-order valence-corrected chi connectivity index (χ1v) is 5.92. The lowest BCUT2D eigenvalue weighted by Gasteiger charge is -2.11. The molecule has 5 nitrogen and oxygen atoms in total. The van der Waals surface area contributed by atoms with Gasteiger partial charge in [-0.25, -0.2) is 4.98 Å². The van der Waals surface area contributed by atoms with E-state index in [2.05, 4.69) is 10.3 Å². The number of nitrogens with one attached hydrogen (secondary N) is 1. The number of hydrogen-bond donors (Lipinski definition) is 2. The van der Waals surface area contributed by atoms with Crippen LogP contribution in [-0.2, 0) is 0 Å². The average molecular weight is 256 g/mol. The molecular formula is C14H12N2O3. The molecule has 1 amide bonds. The van der Waals surface area contributed by atoms with E-state index in [-0.39, 0.29) is 17.5 Å². The first-order valence-electron chi connectivity index (χ1n) is 5.92. The standard InChI is InChI=1S/C14H12N2O3/c17-11-5-3-7-15-13(11)14(18)16-10-8-19-12-6-2-1-4-9(10)12/h1-7,10,17H,8H2,(H,16,18). The highest BCUT2D eigenvalue weighted by Gasteiger charge is 2.26. The number of carbonyl (C=O) groups is 1. The van der Waals surface area contributed by atoms with Crippen molar-refractivity contribution in [3.8, 4) is 11.5 Å². The minimum Gasteiger partial charge on any atom is -0.505 e. The van der Waals surface area contributed by atoms with E-state index in [1.165, 1.54) is 12.3 Å². The van der Waals surface area contributed by atoms with E-state index in [0.29, 0.717) is 6.61 Å². The van der Waals surface area contributed by atoms with E-state index in [1.807, 2.05) is 24.3 Å². The van der Waals surface area contributed by atoms with Crippen LogP contribution in [0, 0.1) is 0 Å². The van der Waals surface area contributed by atoms with Gasteiger partial charge in [0.25, 0.3) is 5.91 Å². The molecule has 3 rings (SSSR count). The summed E-state index contributed by atoms with van der Waals surface area (Å²) < 4.78 is 5.48. The summed E-state index contributed by atoms with van der Waals surface area (Å²) in [4.78, 5) is 15.9. The zero-order valence-corrected chi connectivity index (χ0v) is 10.0. The van der Waals surface area contributed by atoms with Gasteiger partial charge in [-0.3, -0.25) is 4.79 Å². The Hall–Kier alpha value is -2.56. The summed E-state index contributed by atoms with van der Waals surface area (Å²) in [6.45, 7) is 0.388. The van der Waals surface area contributed by atoms with Gasteiger partial charge in [-0.15, -0.1) is 0 Å². The number of amides is 1. The number of para-hydroxylation sites is 1. The van der Waals surface area contributed by atoms with Crippen molar-refractivity contribution < 1.29 is 14.6 Å². The van der Waals surface area contributed by atoms with Gasteiger partial charge in [0.2, 0.25) is 0 Å². The Morgan fingerprint density at radius 1 is 1.32 bits per heavy atom. The molecule has 96 valence electrons. The zero-order valence-electron chi connectivity index (χ0n) is 10.0. The third kappa shape index (κ3) is 2.10. The number of aromatic nitrogens is 1. The minimum absolute atomic E-state index is 0.0203. The van der Waals surface area contributed by atoms with Gasteiger partial charge >= 0.3 is 0 Å². The molecule has 1 aromatic heterocycles. The van der Waals surface area contributed by atoms with Crippen molar-refractivity contribution >= 4 is 5.91 Å². The molecular weight excluding hydrogens is 244 g/mol. The fourth-order valence-corrected chi connectivity index (χ4v) is 2.08. The van der Waals surface area contributed by atoms with Crippen LogP contribution >= 0.6 is 0 Å². The lowest BCUT2D eigenvalue weighted by molar-refractivity contribution is 0.0922. The number of pyridine rings is 1. The summed E-state index contributed by atoms with van der Waals surface area (Å²) in [7, 11) is 0. The SMILES string of the molecule is O=C(NC1COc2ccccc21)c1ncccc1O. The molecule has 0 radical (unpaired) electrons. The Kier molecular flexibility index (Phi) is 2.79. The lowest BCUT2D eigenvalue weighted by Crippen LogP contribution is -2.30. The van der Waals surface area contributed by atoms with E-state index in [4.69, 9.17) is 4.74 Å². The number of hydrogen-bond acceptors (Lipinski definition) is 4. The van der Waals surface area contributed by atoms with Gasteiger partial charge in [-0.2, -0.15) is 0 Å². The lowest BCUT2D eigenvalue weighted by atomic mass is 10.1. The predicted octanol–water partition coefficient (Wildman–Crippen LogP) is 1.65. The number of rotatable bonds is 2. The van der Waals surface area contributed by atoms with E-state index in [1.54, 1.807) is 6.07 Å². The Morgan fingerprint density at radius 3 is 3.00 bits per heavy atom. The maximum atomic E-state index is 12.0. The van der Waals surface area contributed by atoms with Crippen LogP contribution < -0.4 is 10.1 Å². The third-order valence-electron chi connectivity index (χ3n) is 3.01. The van der Waals surface area contributed by atoms with Crippen LogP contribution in [-0.4, -0.2) is 22.6 Å². The number of carbonyl (C=O) groups excluding carboxylic acids is 1. The monoisotopic (exact) mass is 256 g/mol. The van der Waals surface area contributed by atoms with Crippen molar-refractivity contribution in [3.05, 3.63) is 53.9 Å². The highest BCUT2D eigenvalue weighted by atomic mass is 16.5. The zero-order chi connectivity index (χ0) is 13.2. The number of ether oxygens (including phenoxy) is 1. The van der Waals surface area contributed by atoms with Gasteiger partial charge in [0.15, 0.2) is 5.69 Å². The van der Waals surface area contributed by atoms with Crippen molar-refractivity contribution in [2.24, 2.45) is 0 Å². The van der Waals surface area contributed by atoms with Gasteiger partial charge < -0.3 is 15.2 Å². The van der Waals surface area contributed by atoms with Gasteiger partial charge in [0, 0.05) is 11.8 Å². The van der Waals surface area contributed by atoms with E-state index >= 15 is 0 Å². The molecule has 2 aromatic rings. The van der Waals surface area contributed by atoms with Crippen LogP contribution in [0.5, 0.6) is 11.5 Å². The average Bonchev–Trinajstić information content (AvgIpc) is 2.83. The maximum Gasteiger partial charge on any atom is 0.274 e. The Balaban J connectivity index is 1.81. The van der Waals surface area contributed by atoms with Gasteiger partial charge in [0.05, 0.1) is 6.04 Å². The van der Waals surface area contributed by atoms with E-state index < -0.39 is 5.91 Å². The molecule has 1 atom stereocenters. The molecule has 2 N–H and O–H groups in total. The molecule has 1 aliphatic rings. The second-order valence-electron chi connectivity index (χ2n) is 4.25. The van der Waals surface area contributed by atoms with Gasteiger partial charge in [-0.05, 0) is 18.2 Å². The van der Waals surface area contributed by atoms with E-state index in [0.717, 1.165) is 11.3 Å². The van der Waals surface area contributed by atoms with Crippen molar-refractivity contribution in [2.75, 3.05) is 6.61 Å². The second kappa shape index (κ2) is 4.61. The molecule has 0 spiro atoms. The van der Waals surface area contributed by atoms with Crippen molar-refractivity contribution in [1.29, 1.82) is 0 Å². The Labute approximate surface area is 109 Å². The number of aromatic hydroxyl groups is 1. The fourth-order valence-electron chi connectivity index (χ4n) is 2.08. The summed E-state index contributed by atoms with van der Waals surface area (Å²) in [5.41, 5.74) is 0.957. The third-order valence-corrected chi connectivity index (χ3v) is 3.01. The number of nitrogens with zero attached hydrogens (tertiary/aromatic N) is 1. The molecule has 19 heavy (non-hydrogen) atoms. The van der Waals surface area contributed by atoms with Crippen molar-refractivity contribution in [2.45, 2.75) is 6.04 Å². The van der Waals surface area contributed by atoms with Gasteiger partial charge in [0.1, 0.15) is 18.1 Å². The van der Waals surface area contributed by atoms with Crippen LogP contribution in [0.4, 0.5) is 0 Å². The van der Waals surface area contributed by atoms with Crippen LogP contribution in [0.15, 0.2) is 42.6 Å². The first-order chi connectivity index (χ1) is 9.25. The van der Waals surface area contributed by atoms with Crippen molar-refractivity contribution in [3.63, 3.8) is 0 Å². The topological polar surface area (TPSA) is 71.5 Å². The molecule has 0 fully saturated rings. The summed E-state index contributed by atoms with van der Waals surface area (Å²) in [6.07, 6.45) is 1.47. The molecule has 0 saturated heterocycles. The normalized spacial score (nSPS) is 16.5. The molecule has 5 heteroatoms. The minimum atomic E-state index is -0.414. The molecule has 0 aliphatic carbocycles. The van der Waals surface area contributed by atoms with E-state index in [9.17, 15) is 9.90 Å². The van der Waals surface area contributed by atoms with Crippen LogP contribution in [0.3, 0.4) is 0 Å². The largest absolute Gasteiger partial charge is 0.505 e. The quantitative estimate of drug-likeness (QED) is 0.857.